The maximum absolute atomic E-state index is 13.5. The van der Waals surface area contributed by atoms with Crippen LogP contribution in [0, 0.1) is 6.92 Å². The van der Waals surface area contributed by atoms with Gasteiger partial charge in [-0.05, 0) is 63.9 Å². The van der Waals surface area contributed by atoms with Gasteiger partial charge in [0.1, 0.15) is 11.2 Å². The molecule has 6 nitrogen and oxygen atoms in total. The van der Waals surface area contributed by atoms with Crippen molar-refractivity contribution in [1.29, 1.82) is 0 Å². The third-order valence-corrected chi connectivity index (χ3v) is 7.02. The number of amides is 2. The summed E-state index contributed by atoms with van der Waals surface area (Å²) in [6.45, 7) is 3.32. The van der Waals surface area contributed by atoms with E-state index in [1.165, 1.54) is 0 Å². The zero-order valence-corrected chi connectivity index (χ0v) is 16.0. The van der Waals surface area contributed by atoms with E-state index < -0.39 is 5.54 Å². The van der Waals surface area contributed by atoms with E-state index in [4.69, 9.17) is 0 Å². The van der Waals surface area contributed by atoms with Crippen molar-refractivity contribution in [2.45, 2.75) is 76.3 Å². The van der Waals surface area contributed by atoms with Gasteiger partial charge in [0.15, 0.2) is 5.78 Å². The molecule has 0 aromatic carbocycles. The van der Waals surface area contributed by atoms with Crippen molar-refractivity contribution in [3.8, 4) is 0 Å². The molecule has 1 atom stereocenters. The summed E-state index contributed by atoms with van der Waals surface area (Å²) in [5.74, 6) is 0.194. The maximum atomic E-state index is 13.5. The molecule has 4 aliphatic rings. The SMILES string of the molecule is Cc1c(C(=O)N2CCCC23CCCN(C2CC2)C3=O)[nH]c2c1C(=O)CCC2. The number of nitrogens with zero attached hydrogens (tertiary/aromatic N) is 2. The Morgan fingerprint density at radius 2 is 1.81 bits per heavy atom. The maximum Gasteiger partial charge on any atom is 0.271 e. The number of piperidine rings is 1. The lowest BCUT2D eigenvalue weighted by Crippen LogP contribution is -2.61. The molecule has 2 amide bonds. The predicted molar refractivity (Wildman–Crippen MR) is 99.8 cm³/mol. The van der Waals surface area contributed by atoms with Crippen LogP contribution in [0.25, 0.3) is 0 Å². The lowest BCUT2D eigenvalue weighted by molar-refractivity contribution is -0.146. The van der Waals surface area contributed by atoms with Gasteiger partial charge >= 0.3 is 0 Å². The van der Waals surface area contributed by atoms with Crippen LogP contribution in [-0.4, -0.2) is 57.1 Å². The Hall–Kier alpha value is -2.11. The van der Waals surface area contributed by atoms with Crippen LogP contribution in [0.5, 0.6) is 0 Å². The molecule has 2 aliphatic heterocycles. The van der Waals surface area contributed by atoms with Gasteiger partial charge in [0.2, 0.25) is 5.91 Å². The number of hydrogen-bond donors (Lipinski definition) is 1. The number of hydrogen-bond acceptors (Lipinski definition) is 3. The molecule has 3 heterocycles. The third-order valence-electron chi connectivity index (χ3n) is 7.02. The molecular weight excluding hydrogens is 342 g/mol. The highest BCUT2D eigenvalue weighted by Gasteiger charge is 2.55. The summed E-state index contributed by atoms with van der Waals surface area (Å²) in [7, 11) is 0. The molecule has 0 radical (unpaired) electrons. The lowest BCUT2D eigenvalue weighted by Gasteiger charge is -2.44. The first-order chi connectivity index (χ1) is 13.0. The first-order valence-corrected chi connectivity index (χ1v) is 10.4. The van der Waals surface area contributed by atoms with E-state index in [9.17, 15) is 14.4 Å². The summed E-state index contributed by atoms with van der Waals surface area (Å²) in [5, 5.41) is 0. The van der Waals surface area contributed by atoms with Crippen molar-refractivity contribution >= 4 is 17.6 Å². The molecule has 2 aliphatic carbocycles. The molecule has 1 unspecified atom stereocenters. The van der Waals surface area contributed by atoms with Gasteiger partial charge < -0.3 is 14.8 Å². The van der Waals surface area contributed by atoms with Crippen molar-refractivity contribution in [2.75, 3.05) is 13.1 Å². The first-order valence-electron chi connectivity index (χ1n) is 10.4. The van der Waals surface area contributed by atoms with Gasteiger partial charge in [-0.3, -0.25) is 14.4 Å². The van der Waals surface area contributed by atoms with Crippen molar-refractivity contribution in [3.05, 3.63) is 22.5 Å². The molecule has 1 aromatic heterocycles. The number of Topliss-reactive ketones (excluding diaryl/α,β-unsaturated/α-hetero) is 1. The van der Waals surface area contributed by atoms with Gasteiger partial charge in [0, 0.05) is 36.8 Å². The molecule has 5 rings (SSSR count). The van der Waals surface area contributed by atoms with Crippen molar-refractivity contribution in [1.82, 2.24) is 14.8 Å². The van der Waals surface area contributed by atoms with Crippen LogP contribution in [0.3, 0.4) is 0 Å². The van der Waals surface area contributed by atoms with Crippen LogP contribution in [0.15, 0.2) is 0 Å². The second-order valence-electron chi connectivity index (χ2n) is 8.68. The smallest absolute Gasteiger partial charge is 0.271 e. The Morgan fingerprint density at radius 1 is 1.07 bits per heavy atom. The lowest BCUT2D eigenvalue weighted by atomic mass is 9.85. The van der Waals surface area contributed by atoms with Gasteiger partial charge in [-0.15, -0.1) is 0 Å². The highest BCUT2D eigenvalue weighted by atomic mass is 16.2. The van der Waals surface area contributed by atoms with Crippen LogP contribution < -0.4 is 0 Å². The van der Waals surface area contributed by atoms with E-state index in [0.717, 1.165) is 69.2 Å². The summed E-state index contributed by atoms with van der Waals surface area (Å²) < 4.78 is 0. The first kappa shape index (κ1) is 17.0. The van der Waals surface area contributed by atoms with Gasteiger partial charge in [0.25, 0.3) is 5.91 Å². The minimum Gasteiger partial charge on any atom is -0.354 e. The fourth-order valence-electron chi connectivity index (χ4n) is 5.53. The Kier molecular flexibility index (Phi) is 3.75. The van der Waals surface area contributed by atoms with E-state index in [0.29, 0.717) is 30.3 Å². The van der Waals surface area contributed by atoms with E-state index in [2.05, 4.69) is 4.98 Å². The predicted octanol–water partition coefficient (Wildman–Crippen LogP) is 2.60. The number of carbonyl (C=O) groups excluding carboxylic acids is 3. The summed E-state index contributed by atoms with van der Waals surface area (Å²) in [4.78, 5) is 46.3. The molecule has 2 saturated heterocycles. The average molecular weight is 369 g/mol. The van der Waals surface area contributed by atoms with Gasteiger partial charge in [-0.25, -0.2) is 0 Å². The molecule has 0 bridgehead atoms. The number of rotatable bonds is 2. The van der Waals surface area contributed by atoms with Crippen molar-refractivity contribution in [2.24, 2.45) is 0 Å². The number of ketones is 1. The molecule has 1 N–H and O–H groups in total. The summed E-state index contributed by atoms with van der Waals surface area (Å²) in [6.07, 6.45) is 7.76. The molecular formula is C21H27N3O3. The van der Waals surface area contributed by atoms with Crippen LogP contribution in [0.4, 0.5) is 0 Å². The number of nitrogens with one attached hydrogen (secondary N) is 1. The van der Waals surface area contributed by atoms with Crippen LogP contribution >= 0.6 is 0 Å². The number of carbonyl (C=O) groups is 3. The fraction of sp³-hybridized carbons (Fsp3) is 0.667. The summed E-state index contributed by atoms with van der Waals surface area (Å²) in [6, 6.07) is 0.393. The van der Waals surface area contributed by atoms with E-state index in [1.54, 1.807) is 0 Å². The Labute approximate surface area is 159 Å². The second-order valence-corrected chi connectivity index (χ2v) is 8.68. The highest BCUT2D eigenvalue weighted by Crippen LogP contribution is 2.42. The number of aromatic amines is 1. The van der Waals surface area contributed by atoms with Crippen LogP contribution in [0.2, 0.25) is 0 Å². The largest absolute Gasteiger partial charge is 0.354 e. The van der Waals surface area contributed by atoms with E-state index in [-0.39, 0.29) is 17.6 Å². The van der Waals surface area contributed by atoms with Gasteiger partial charge in [-0.2, -0.15) is 0 Å². The molecule has 27 heavy (non-hydrogen) atoms. The highest BCUT2D eigenvalue weighted by molar-refractivity contribution is 6.05. The standard InChI is InChI=1S/C21H27N3O3/c1-13-17-15(5-2-6-16(17)25)22-18(13)19(26)24-12-4-10-21(24)9-3-11-23(20(21)27)14-7-8-14/h14,22H,2-12H2,1H3. The second kappa shape index (κ2) is 5.94. The van der Waals surface area contributed by atoms with Crippen molar-refractivity contribution in [3.63, 3.8) is 0 Å². The normalized spacial score (nSPS) is 28.2. The molecule has 6 heteroatoms. The number of fused-ring (bicyclic) bond motifs is 1. The van der Waals surface area contributed by atoms with Gasteiger partial charge in [-0.1, -0.05) is 0 Å². The summed E-state index contributed by atoms with van der Waals surface area (Å²) in [5.41, 5.74) is 2.24. The quantitative estimate of drug-likeness (QED) is 0.871. The minimum atomic E-state index is -0.667. The van der Waals surface area contributed by atoms with Crippen molar-refractivity contribution < 1.29 is 14.4 Å². The van der Waals surface area contributed by atoms with E-state index >= 15 is 0 Å². The zero-order valence-electron chi connectivity index (χ0n) is 16.0. The fourth-order valence-corrected chi connectivity index (χ4v) is 5.53. The number of H-pyrrole nitrogens is 1. The van der Waals surface area contributed by atoms with Gasteiger partial charge in [0.05, 0.1) is 0 Å². The molecule has 1 aromatic rings. The Balaban J connectivity index is 1.50. The molecule has 144 valence electrons. The summed E-state index contributed by atoms with van der Waals surface area (Å²) >= 11 is 0. The molecule has 3 fully saturated rings. The topological polar surface area (TPSA) is 73.5 Å². The number of likely N-dealkylation sites (tertiary alicyclic amines) is 2. The minimum absolute atomic E-state index is 0.0989. The Bertz CT molecular complexity index is 838. The van der Waals surface area contributed by atoms with Crippen LogP contribution in [0.1, 0.15) is 83.5 Å². The number of aryl methyl sites for hydroxylation is 1. The van der Waals surface area contributed by atoms with Crippen LogP contribution in [-0.2, 0) is 11.2 Å². The molecule has 1 spiro atoms. The Morgan fingerprint density at radius 3 is 2.52 bits per heavy atom. The van der Waals surface area contributed by atoms with E-state index in [1.807, 2.05) is 16.7 Å². The third kappa shape index (κ3) is 2.41. The zero-order chi connectivity index (χ0) is 18.8. The monoisotopic (exact) mass is 369 g/mol. The molecule has 1 saturated carbocycles. The number of aromatic nitrogens is 1. The average Bonchev–Trinajstić information content (AvgIpc) is 3.32.